The predicted molar refractivity (Wildman–Crippen MR) is 131 cm³/mol. The molecule has 0 saturated heterocycles. The average Bonchev–Trinajstić information content (AvgIpc) is 3.35. The molecule has 5 rings (SSSR count). The zero-order valence-electron chi connectivity index (χ0n) is 19.7. The zero-order valence-corrected chi connectivity index (χ0v) is 20.5. The van der Waals surface area contributed by atoms with E-state index in [9.17, 15) is 26.4 Å². The number of carbonyl (C=O) groups excluding carboxylic acids is 1. The van der Waals surface area contributed by atoms with Crippen LogP contribution in [0.3, 0.4) is 0 Å². The van der Waals surface area contributed by atoms with Crippen LogP contribution in [-0.4, -0.2) is 41.2 Å². The topological polar surface area (TPSA) is 127 Å². The molecule has 0 radical (unpaired) electrons. The number of aromatic amines is 1. The fourth-order valence-corrected chi connectivity index (χ4v) is 4.93. The summed E-state index contributed by atoms with van der Waals surface area (Å²) in [5.41, 5.74) is -0.855. The van der Waals surface area contributed by atoms with Crippen molar-refractivity contribution in [2.24, 2.45) is 0 Å². The van der Waals surface area contributed by atoms with Crippen LogP contribution in [0, 0.1) is 23.3 Å². The first-order valence-electron chi connectivity index (χ1n) is 10.9. The van der Waals surface area contributed by atoms with Crippen LogP contribution in [0.2, 0.25) is 0 Å². The lowest BCUT2D eigenvalue weighted by molar-refractivity contribution is 0.103. The lowest BCUT2D eigenvalue weighted by atomic mass is 10.0. The number of halogens is 4. The number of hydrogen-bond acceptors (Lipinski definition) is 7. The Morgan fingerprint density at radius 3 is 2.33 bits per heavy atom. The number of fused-ring (bicyclic) bond motifs is 1. The van der Waals surface area contributed by atoms with Gasteiger partial charge in [-0.2, -0.15) is 0 Å². The van der Waals surface area contributed by atoms with Gasteiger partial charge in [0.25, 0.3) is 10.0 Å². The second-order valence-electron chi connectivity index (χ2n) is 8.07. The molecule has 198 valence electrons. The van der Waals surface area contributed by atoms with Crippen LogP contribution < -0.4 is 9.46 Å². The molecule has 0 aliphatic heterocycles. The van der Waals surface area contributed by atoms with E-state index in [1.165, 1.54) is 38.0 Å². The van der Waals surface area contributed by atoms with Gasteiger partial charge in [0, 0.05) is 46.9 Å². The van der Waals surface area contributed by atoms with E-state index in [1.807, 2.05) is 0 Å². The molecule has 5 aromatic rings. The van der Waals surface area contributed by atoms with Crippen LogP contribution in [-0.2, 0) is 10.0 Å². The first kappa shape index (κ1) is 25.8. The van der Waals surface area contributed by atoms with E-state index in [0.717, 1.165) is 6.07 Å². The van der Waals surface area contributed by atoms with Crippen LogP contribution in [0.25, 0.3) is 22.2 Å². The molecule has 9 nitrogen and oxygen atoms in total. The highest BCUT2D eigenvalue weighted by Crippen LogP contribution is 2.30. The van der Waals surface area contributed by atoms with Gasteiger partial charge in [-0.15, -0.1) is 0 Å². The molecule has 0 saturated carbocycles. The van der Waals surface area contributed by atoms with Crippen LogP contribution in [0.1, 0.15) is 15.9 Å². The maximum absolute atomic E-state index is 15.4. The zero-order chi connectivity index (χ0) is 27.9. The van der Waals surface area contributed by atoms with E-state index in [0.29, 0.717) is 35.4 Å². The monoisotopic (exact) mass is 557 g/mol. The summed E-state index contributed by atoms with van der Waals surface area (Å²) >= 11 is 0. The molecule has 3 aromatic heterocycles. The molecule has 0 aliphatic rings. The summed E-state index contributed by atoms with van der Waals surface area (Å²) in [4.78, 5) is 27.2. The third kappa shape index (κ3) is 4.77. The first-order chi connectivity index (χ1) is 18.6. The molecule has 0 bridgehead atoms. The Balaban J connectivity index is 1.54. The molecule has 2 aromatic carbocycles. The number of carbonyl (C=O) groups is 1. The fraction of sp³-hybridized carbons (Fsp3) is 0.0400. The SMILES string of the molecule is COc1ncc(-c2cnc3[nH]cc(C(=O)c4c(F)ccc(NS(=O)(=O)c5cc(F)ccc5F)c4F)c3c2)cn1. The average molecular weight is 557 g/mol. The van der Waals surface area contributed by atoms with Crippen molar-refractivity contribution in [2.45, 2.75) is 4.90 Å². The molecule has 14 heteroatoms. The molecule has 39 heavy (non-hydrogen) atoms. The number of ether oxygens (including phenoxy) is 1. The Bertz CT molecular complexity index is 1860. The molecule has 0 spiro atoms. The van der Waals surface area contributed by atoms with Crippen molar-refractivity contribution in [1.29, 1.82) is 0 Å². The maximum atomic E-state index is 15.4. The number of hydrogen-bond donors (Lipinski definition) is 2. The van der Waals surface area contributed by atoms with Crippen molar-refractivity contribution in [3.8, 4) is 17.1 Å². The van der Waals surface area contributed by atoms with Crippen LogP contribution in [0.5, 0.6) is 6.01 Å². The lowest BCUT2D eigenvalue weighted by Gasteiger charge is -2.12. The molecule has 0 unspecified atom stereocenters. The first-order valence-corrected chi connectivity index (χ1v) is 12.4. The molecule has 0 fully saturated rings. The summed E-state index contributed by atoms with van der Waals surface area (Å²) in [6.45, 7) is 0. The van der Waals surface area contributed by atoms with E-state index >= 15 is 4.39 Å². The summed E-state index contributed by atoms with van der Waals surface area (Å²) in [5.74, 6) is -6.31. The Morgan fingerprint density at radius 2 is 1.62 bits per heavy atom. The predicted octanol–water partition coefficient (Wildman–Crippen LogP) is 4.62. The number of sulfonamides is 1. The van der Waals surface area contributed by atoms with Crippen LogP contribution in [0.4, 0.5) is 23.2 Å². The molecular weight excluding hydrogens is 542 g/mol. The van der Waals surface area contributed by atoms with Crippen molar-refractivity contribution >= 4 is 32.5 Å². The van der Waals surface area contributed by atoms with Gasteiger partial charge in [0.1, 0.15) is 28.0 Å². The second-order valence-corrected chi connectivity index (χ2v) is 9.73. The van der Waals surface area contributed by atoms with Crippen LogP contribution >= 0.6 is 0 Å². The van der Waals surface area contributed by atoms with Gasteiger partial charge in [-0.3, -0.25) is 9.52 Å². The summed E-state index contributed by atoms with van der Waals surface area (Å²) in [5, 5.41) is 0.208. The van der Waals surface area contributed by atoms with E-state index in [1.54, 1.807) is 4.72 Å². The third-order valence-corrected chi connectivity index (χ3v) is 7.05. The fourth-order valence-electron chi connectivity index (χ4n) is 3.78. The Morgan fingerprint density at radius 1 is 0.923 bits per heavy atom. The van der Waals surface area contributed by atoms with Gasteiger partial charge in [-0.25, -0.2) is 40.9 Å². The van der Waals surface area contributed by atoms with Gasteiger partial charge in [0.2, 0.25) is 5.78 Å². The summed E-state index contributed by atoms with van der Waals surface area (Å²) in [7, 11) is -3.45. The van der Waals surface area contributed by atoms with Gasteiger partial charge >= 0.3 is 6.01 Å². The van der Waals surface area contributed by atoms with Gasteiger partial charge in [0.05, 0.1) is 18.4 Å². The Labute approximate surface area is 217 Å². The van der Waals surface area contributed by atoms with E-state index in [-0.39, 0.29) is 22.6 Å². The number of pyridine rings is 1. The minimum Gasteiger partial charge on any atom is -0.467 e. The van der Waals surface area contributed by atoms with Gasteiger partial charge in [-0.1, -0.05) is 0 Å². The van der Waals surface area contributed by atoms with Crippen molar-refractivity contribution in [3.63, 3.8) is 0 Å². The molecule has 0 aliphatic carbocycles. The highest BCUT2D eigenvalue weighted by atomic mass is 32.2. The highest BCUT2D eigenvalue weighted by Gasteiger charge is 2.27. The maximum Gasteiger partial charge on any atom is 0.316 e. The molecule has 2 N–H and O–H groups in total. The number of ketones is 1. The number of H-pyrrole nitrogens is 1. The lowest BCUT2D eigenvalue weighted by Crippen LogP contribution is -2.17. The van der Waals surface area contributed by atoms with Gasteiger partial charge in [-0.05, 0) is 36.4 Å². The smallest absolute Gasteiger partial charge is 0.316 e. The van der Waals surface area contributed by atoms with E-state index in [2.05, 4.69) is 19.9 Å². The summed E-state index contributed by atoms with van der Waals surface area (Å²) in [6.07, 6.45) is 5.59. The number of methoxy groups -OCH3 is 1. The largest absolute Gasteiger partial charge is 0.467 e. The third-order valence-electron chi connectivity index (χ3n) is 5.67. The molecular formula is C25H15F4N5O4S. The minimum absolute atomic E-state index is 0.131. The van der Waals surface area contributed by atoms with E-state index in [4.69, 9.17) is 4.74 Å². The summed E-state index contributed by atoms with van der Waals surface area (Å²) in [6, 6.07) is 4.73. The van der Waals surface area contributed by atoms with Crippen molar-refractivity contribution in [1.82, 2.24) is 19.9 Å². The van der Waals surface area contributed by atoms with Crippen LogP contribution in [0.15, 0.2) is 66.1 Å². The number of benzene rings is 2. The van der Waals surface area contributed by atoms with Crippen molar-refractivity contribution in [2.75, 3.05) is 11.8 Å². The molecule has 0 atom stereocenters. The normalized spacial score (nSPS) is 11.5. The van der Waals surface area contributed by atoms with Gasteiger partial charge in [0.15, 0.2) is 5.82 Å². The standard InChI is InChI=1S/C25H15F4N5O4S/c1-38-25-32-9-13(10-33-25)12-6-15-16(11-31-24(15)30-8-12)23(35)21-18(28)4-5-19(22(21)29)34-39(36,37)20-7-14(26)2-3-17(20)27/h2-11,34H,1H3,(H,30,31). The summed E-state index contributed by atoms with van der Waals surface area (Å²) < 4.78 is 89.6. The molecule has 0 amide bonds. The molecule has 3 heterocycles. The minimum atomic E-state index is -4.85. The Hall–Kier alpha value is -4.85. The Kier molecular flexibility index (Phi) is 6.48. The highest BCUT2D eigenvalue weighted by molar-refractivity contribution is 7.92. The van der Waals surface area contributed by atoms with Crippen molar-refractivity contribution in [3.05, 3.63) is 95.6 Å². The van der Waals surface area contributed by atoms with Crippen molar-refractivity contribution < 1.29 is 35.5 Å². The number of nitrogens with one attached hydrogen (secondary N) is 2. The number of rotatable bonds is 7. The number of nitrogens with zero attached hydrogens (tertiary/aromatic N) is 3. The quantitative estimate of drug-likeness (QED) is 0.221. The van der Waals surface area contributed by atoms with Gasteiger partial charge < -0.3 is 9.72 Å². The number of aromatic nitrogens is 4. The number of anilines is 1. The van der Waals surface area contributed by atoms with E-state index < -0.39 is 55.2 Å². The second kappa shape index (κ2) is 9.79.